The number of anilines is 2. The Balaban J connectivity index is 1.59. The van der Waals surface area contributed by atoms with Gasteiger partial charge in [-0.2, -0.15) is 0 Å². The van der Waals surface area contributed by atoms with Gasteiger partial charge in [0, 0.05) is 24.3 Å². The second-order valence-electron chi connectivity index (χ2n) is 8.50. The maximum Gasteiger partial charge on any atom is 0.337 e. The van der Waals surface area contributed by atoms with Crippen LogP contribution in [0.4, 0.5) is 11.4 Å². The molecule has 1 aliphatic heterocycles. The normalized spacial score (nSPS) is 13.5. The van der Waals surface area contributed by atoms with Gasteiger partial charge in [0.1, 0.15) is 0 Å². The van der Waals surface area contributed by atoms with Crippen molar-refractivity contribution in [3.63, 3.8) is 0 Å². The standard InChI is InChI=1S/C29H26N2O4/c32-28(22-8-2-1-3-9-22)31(20-23-11-6-10-21-7-4-5-12-25(21)23)24-13-14-27(26(19-24)29(33)34)30-15-17-35-18-16-30/h1-14,19H,15-18,20H2,(H,33,34). The number of hydrogen-bond donors (Lipinski definition) is 1. The van der Waals surface area contributed by atoms with Crippen LogP contribution < -0.4 is 9.80 Å². The SMILES string of the molecule is O=C(O)c1cc(N(Cc2cccc3ccccc23)C(=O)c2ccccc2)ccc1N1CCOCC1. The van der Waals surface area contributed by atoms with E-state index < -0.39 is 5.97 Å². The molecule has 1 saturated heterocycles. The van der Waals surface area contributed by atoms with Crippen LogP contribution in [-0.2, 0) is 11.3 Å². The van der Waals surface area contributed by atoms with E-state index in [0.29, 0.717) is 49.8 Å². The van der Waals surface area contributed by atoms with Gasteiger partial charge in [-0.25, -0.2) is 4.79 Å². The fourth-order valence-electron chi connectivity index (χ4n) is 4.56. The van der Waals surface area contributed by atoms with E-state index in [0.717, 1.165) is 16.3 Å². The quantitative estimate of drug-likeness (QED) is 0.422. The number of carbonyl (C=O) groups is 2. The molecule has 1 amide bonds. The number of nitrogens with zero attached hydrogens (tertiary/aromatic N) is 2. The number of amides is 1. The minimum atomic E-state index is -1.02. The highest BCUT2D eigenvalue weighted by Gasteiger charge is 2.24. The van der Waals surface area contributed by atoms with Crippen LogP contribution >= 0.6 is 0 Å². The zero-order valence-corrected chi connectivity index (χ0v) is 19.3. The highest BCUT2D eigenvalue weighted by atomic mass is 16.5. The van der Waals surface area contributed by atoms with Crippen molar-refractivity contribution in [3.8, 4) is 0 Å². The molecule has 0 unspecified atom stereocenters. The van der Waals surface area contributed by atoms with Crippen LogP contribution in [0.3, 0.4) is 0 Å². The second-order valence-corrected chi connectivity index (χ2v) is 8.50. The summed E-state index contributed by atoms with van der Waals surface area (Å²) in [6.45, 7) is 2.68. The van der Waals surface area contributed by atoms with E-state index in [-0.39, 0.29) is 11.5 Å². The van der Waals surface area contributed by atoms with Crippen molar-refractivity contribution < 1.29 is 19.4 Å². The molecule has 35 heavy (non-hydrogen) atoms. The average Bonchev–Trinajstić information content (AvgIpc) is 2.92. The van der Waals surface area contributed by atoms with Crippen molar-refractivity contribution in [2.24, 2.45) is 0 Å². The number of carbonyl (C=O) groups excluding carboxylic acids is 1. The van der Waals surface area contributed by atoms with E-state index >= 15 is 0 Å². The van der Waals surface area contributed by atoms with Crippen molar-refractivity contribution >= 4 is 34.0 Å². The lowest BCUT2D eigenvalue weighted by molar-refractivity contribution is 0.0696. The number of hydrogen-bond acceptors (Lipinski definition) is 4. The minimum Gasteiger partial charge on any atom is -0.478 e. The highest BCUT2D eigenvalue weighted by molar-refractivity contribution is 6.07. The third-order valence-corrected chi connectivity index (χ3v) is 6.35. The first-order valence-corrected chi connectivity index (χ1v) is 11.7. The number of benzene rings is 4. The molecule has 0 bridgehead atoms. The second kappa shape index (κ2) is 9.99. The van der Waals surface area contributed by atoms with Crippen molar-refractivity contribution in [2.45, 2.75) is 6.54 Å². The number of aromatic carboxylic acids is 1. The number of morpholine rings is 1. The molecule has 4 aromatic rings. The molecule has 0 saturated carbocycles. The van der Waals surface area contributed by atoms with E-state index in [2.05, 4.69) is 0 Å². The molecule has 0 radical (unpaired) electrons. The van der Waals surface area contributed by atoms with Crippen molar-refractivity contribution in [3.05, 3.63) is 108 Å². The highest BCUT2D eigenvalue weighted by Crippen LogP contribution is 2.30. The molecule has 6 nitrogen and oxygen atoms in total. The van der Waals surface area contributed by atoms with Gasteiger partial charge in [-0.15, -0.1) is 0 Å². The molecular weight excluding hydrogens is 440 g/mol. The lowest BCUT2D eigenvalue weighted by Gasteiger charge is -2.31. The summed E-state index contributed by atoms with van der Waals surface area (Å²) in [5.74, 6) is -1.21. The number of carboxylic acid groups (broad SMARTS) is 1. The summed E-state index contributed by atoms with van der Waals surface area (Å²) in [7, 11) is 0. The Morgan fingerprint density at radius 1 is 0.857 bits per heavy atom. The van der Waals surface area contributed by atoms with E-state index in [1.54, 1.807) is 29.2 Å². The van der Waals surface area contributed by atoms with Crippen LogP contribution in [0.25, 0.3) is 10.8 Å². The zero-order chi connectivity index (χ0) is 24.2. The van der Waals surface area contributed by atoms with Gasteiger partial charge in [-0.05, 0) is 46.7 Å². The van der Waals surface area contributed by atoms with Crippen molar-refractivity contribution in [1.82, 2.24) is 0 Å². The van der Waals surface area contributed by atoms with Gasteiger partial charge in [0.15, 0.2) is 0 Å². The molecule has 176 valence electrons. The number of ether oxygens (including phenoxy) is 1. The van der Waals surface area contributed by atoms with E-state index in [4.69, 9.17) is 4.74 Å². The van der Waals surface area contributed by atoms with Crippen LogP contribution in [0.5, 0.6) is 0 Å². The van der Waals surface area contributed by atoms with E-state index in [9.17, 15) is 14.7 Å². The fourth-order valence-corrected chi connectivity index (χ4v) is 4.56. The van der Waals surface area contributed by atoms with Crippen LogP contribution in [0.1, 0.15) is 26.3 Å². The average molecular weight is 467 g/mol. The predicted octanol–water partition coefficient (Wildman–Crippen LogP) is 5.22. The lowest BCUT2D eigenvalue weighted by atomic mass is 10.0. The predicted molar refractivity (Wildman–Crippen MR) is 137 cm³/mol. The summed E-state index contributed by atoms with van der Waals surface area (Å²) in [6.07, 6.45) is 0. The smallest absolute Gasteiger partial charge is 0.337 e. The van der Waals surface area contributed by atoms with Gasteiger partial charge < -0.3 is 19.6 Å². The number of carboxylic acids is 1. The number of rotatable bonds is 6. The van der Waals surface area contributed by atoms with Gasteiger partial charge in [0.2, 0.25) is 0 Å². The molecule has 0 spiro atoms. The van der Waals surface area contributed by atoms with Crippen molar-refractivity contribution in [1.29, 1.82) is 0 Å². The Bertz CT molecular complexity index is 1360. The maximum atomic E-state index is 13.7. The minimum absolute atomic E-state index is 0.174. The fraction of sp³-hybridized carbons (Fsp3) is 0.172. The Labute approximate surface area is 204 Å². The van der Waals surface area contributed by atoms with Crippen LogP contribution in [0.2, 0.25) is 0 Å². The summed E-state index contributed by atoms with van der Waals surface area (Å²) < 4.78 is 5.42. The summed E-state index contributed by atoms with van der Waals surface area (Å²) in [5.41, 5.74) is 2.89. The number of fused-ring (bicyclic) bond motifs is 1. The first kappa shape index (κ1) is 22.6. The molecule has 1 heterocycles. The van der Waals surface area contributed by atoms with E-state index in [1.165, 1.54) is 0 Å². The van der Waals surface area contributed by atoms with Gasteiger partial charge in [-0.1, -0.05) is 60.7 Å². The monoisotopic (exact) mass is 466 g/mol. The van der Waals surface area contributed by atoms with E-state index in [1.807, 2.05) is 71.6 Å². The van der Waals surface area contributed by atoms with Crippen molar-refractivity contribution in [2.75, 3.05) is 36.1 Å². The third kappa shape index (κ3) is 4.74. The Hall–Kier alpha value is -4.16. The van der Waals surface area contributed by atoms with Gasteiger partial charge in [-0.3, -0.25) is 4.79 Å². The Kier molecular flexibility index (Phi) is 6.46. The first-order chi connectivity index (χ1) is 17.1. The summed E-state index contributed by atoms with van der Waals surface area (Å²) in [4.78, 5) is 29.6. The zero-order valence-electron chi connectivity index (χ0n) is 19.3. The summed E-state index contributed by atoms with van der Waals surface area (Å²) in [5, 5.41) is 12.2. The molecule has 0 aromatic heterocycles. The molecule has 1 fully saturated rings. The summed E-state index contributed by atoms with van der Waals surface area (Å²) in [6, 6.07) is 28.4. The first-order valence-electron chi connectivity index (χ1n) is 11.7. The van der Waals surface area contributed by atoms with Gasteiger partial charge in [0.05, 0.1) is 31.0 Å². The van der Waals surface area contributed by atoms with Gasteiger partial charge in [0.25, 0.3) is 5.91 Å². The third-order valence-electron chi connectivity index (χ3n) is 6.35. The molecule has 4 aromatic carbocycles. The van der Waals surface area contributed by atoms with Crippen LogP contribution in [-0.4, -0.2) is 43.3 Å². The molecule has 5 rings (SSSR count). The molecule has 1 N–H and O–H groups in total. The largest absolute Gasteiger partial charge is 0.478 e. The molecular formula is C29H26N2O4. The topological polar surface area (TPSA) is 70.1 Å². The Morgan fingerprint density at radius 3 is 2.34 bits per heavy atom. The Morgan fingerprint density at radius 2 is 1.57 bits per heavy atom. The molecule has 0 aliphatic carbocycles. The van der Waals surface area contributed by atoms with Gasteiger partial charge >= 0.3 is 5.97 Å². The van der Waals surface area contributed by atoms with Crippen LogP contribution in [0, 0.1) is 0 Å². The molecule has 6 heteroatoms. The molecule has 1 aliphatic rings. The lowest BCUT2D eigenvalue weighted by Crippen LogP contribution is -2.37. The maximum absolute atomic E-state index is 13.7. The van der Waals surface area contributed by atoms with Crippen LogP contribution in [0.15, 0.2) is 91.0 Å². The molecule has 0 atom stereocenters. The summed E-state index contributed by atoms with van der Waals surface area (Å²) >= 11 is 0.